The molecule has 6 nitrogen and oxygen atoms in total. The molecule has 150 valence electrons. The third-order valence-corrected chi connectivity index (χ3v) is 5.24. The van der Waals surface area contributed by atoms with Crippen molar-refractivity contribution in [3.8, 4) is 0 Å². The highest BCUT2D eigenvalue weighted by Gasteiger charge is 2.08. The number of aryl methyl sites for hydroxylation is 2. The number of benzene rings is 2. The van der Waals surface area contributed by atoms with Crippen molar-refractivity contribution in [3.05, 3.63) is 75.7 Å². The number of hydrogen-bond donors (Lipinski definition) is 3. The SMILES string of the molecule is CCc1nc(CC(=O)NCc2cccc(NC(=O)Nc3cccc(C)c3)c2)cs1. The fourth-order valence-corrected chi connectivity index (χ4v) is 3.54. The second kappa shape index (κ2) is 9.84. The lowest BCUT2D eigenvalue weighted by Gasteiger charge is -2.10. The quantitative estimate of drug-likeness (QED) is 0.538. The first-order valence-corrected chi connectivity index (χ1v) is 10.3. The first-order valence-electron chi connectivity index (χ1n) is 9.45. The Kier molecular flexibility index (Phi) is 6.97. The summed E-state index contributed by atoms with van der Waals surface area (Å²) in [6.07, 6.45) is 1.15. The molecule has 29 heavy (non-hydrogen) atoms. The smallest absolute Gasteiger partial charge is 0.323 e. The van der Waals surface area contributed by atoms with Gasteiger partial charge in [0.1, 0.15) is 0 Å². The molecule has 1 aromatic heterocycles. The molecule has 3 rings (SSSR count). The highest BCUT2D eigenvalue weighted by Crippen LogP contribution is 2.14. The van der Waals surface area contributed by atoms with Gasteiger partial charge in [-0.25, -0.2) is 9.78 Å². The number of hydrogen-bond acceptors (Lipinski definition) is 4. The Hall–Kier alpha value is -3.19. The van der Waals surface area contributed by atoms with Crippen LogP contribution in [0.25, 0.3) is 0 Å². The van der Waals surface area contributed by atoms with E-state index in [-0.39, 0.29) is 18.4 Å². The van der Waals surface area contributed by atoms with Crippen molar-refractivity contribution in [1.82, 2.24) is 10.3 Å². The van der Waals surface area contributed by atoms with Gasteiger partial charge in [-0.05, 0) is 48.7 Å². The van der Waals surface area contributed by atoms with Crippen LogP contribution in [-0.4, -0.2) is 16.9 Å². The average Bonchev–Trinajstić information content (AvgIpc) is 3.14. The summed E-state index contributed by atoms with van der Waals surface area (Å²) in [7, 11) is 0. The van der Waals surface area contributed by atoms with Gasteiger partial charge in [0.25, 0.3) is 0 Å². The van der Waals surface area contributed by atoms with Crippen LogP contribution in [-0.2, 0) is 24.2 Å². The minimum absolute atomic E-state index is 0.0755. The number of urea groups is 1. The van der Waals surface area contributed by atoms with Gasteiger partial charge < -0.3 is 16.0 Å². The molecular formula is C22H24N4O2S. The van der Waals surface area contributed by atoms with Gasteiger partial charge in [-0.3, -0.25) is 4.79 Å². The normalized spacial score (nSPS) is 10.4. The van der Waals surface area contributed by atoms with Crippen molar-refractivity contribution in [2.75, 3.05) is 10.6 Å². The van der Waals surface area contributed by atoms with Crippen LogP contribution in [0.15, 0.2) is 53.9 Å². The van der Waals surface area contributed by atoms with E-state index in [1.54, 1.807) is 11.3 Å². The van der Waals surface area contributed by atoms with E-state index < -0.39 is 0 Å². The summed E-state index contributed by atoms with van der Waals surface area (Å²) in [6.45, 7) is 4.40. The molecule has 0 aliphatic carbocycles. The molecule has 0 radical (unpaired) electrons. The third kappa shape index (κ3) is 6.43. The molecular weight excluding hydrogens is 384 g/mol. The number of amides is 3. The number of aromatic nitrogens is 1. The highest BCUT2D eigenvalue weighted by molar-refractivity contribution is 7.09. The standard InChI is InChI=1S/C22H24N4O2S/c1-3-21-24-19(14-29-21)12-20(27)23-13-16-7-5-9-18(11-16)26-22(28)25-17-8-4-6-15(2)10-17/h4-11,14H,3,12-13H2,1-2H3,(H,23,27)(H2,25,26,28). The molecule has 0 saturated heterocycles. The summed E-state index contributed by atoms with van der Waals surface area (Å²) in [5, 5.41) is 11.5. The molecule has 0 aliphatic rings. The zero-order valence-corrected chi connectivity index (χ0v) is 17.3. The Morgan fingerprint density at radius 1 is 1.03 bits per heavy atom. The molecule has 0 spiro atoms. The highest BCUT2D eigenvalue weighted by atomic mass is 32.1. The van der Waals surface area contributed by atoms with Crippen molar-refractivity contribution < 1.29 is 9.59 Å². The van der Waals surface area contributed by atoms with E-state index >= 15 is 0 Å². The molecule has 3 aromatic rings. The minimum Gasteiger partial charge on any atom is -0.352 e. The molecule has 0 fully saturated rings. The summed E-state index contributed by atoms with van der Waals surface area (Å²) in [6, 6.07) is 14.7. The van der Waals surface area contributed by atoms with E-state index in [1.165, 1.54) is 0 Å². The van der Waals surface area contributed by atoms with Crippen LogP contribution in [0.4, 0.5) is 16.2 Å². The lowest BCUT2D eigenvalue weighted by Crippen LogP contribution is -2.25. The first kappa shape index (κ1) is 20.5. The Labute approximate surface area is 174 Å². The van der Waals surface area contributed by atoms with E-state index in [4.69, 9.17) is 0 Å². The number of nitrogens with one attached hydrogen (secondary N) is 3. The number of thiazole rings is 1. The molecule has 0 atom stereocenters. The summed E-state index contributed by atoms with van der Waals surface area (Å²) in [5.41, 5.74) is 4.17. The van der Waals surface area contributed by atoms with E-state index in [9.17, 15) is 9.59 Å². The van der Waals surface area contributed by atoms with Gasteiger partial charge in [-0.1, -0.05) is 31.2 Å². The van der Waals surface area contributed by atoms with Crippen LogP contribution in [0.1, 0.15) is 28.8 Å². The second-order valence-electron chi connectivity index (χ2n) is 6.69. The van der Waals surface area contributed by atoms with Crippen LogP contribution >= 0.6 is 11.3 Å². The minimum atomic E-state index is -0.313. The van der Waals surface area contributed by atoms with Gasteiger partial charge in [0.2, 0.25) is 5.91 Å². The van der Waals surface area contributed by atoms with Crippen LogP contribution in [0.5, 0.6) is 0 Å². The fraction of sp³-hybridized carbons (Fsp3) is 0.227. The van der Waals surface area contributed by atoms with Crippen LogP contribution in [0.3, 0.4) is 0 Å². The van der Waals surface area contributed by atoms with Crippen LogP contribution in [0, 0.1) is 6.92 Å². The molecule has 0 bridgehead atoms. The van der Waals surface area contributed by atoms with Crippen molar-refractivity contribution in [2.45, 2.75) is 33.2 Å². The fourth-order valence-electron chi connectivity index (χ4n) is 2.80. The molecule has 0 aliphatic heterocycles. The van der Waals surface area contributed by atoms with E-state index in [0.29, 0.717) is 12.2 Å². The Morgan fingerprint density at radius 3 is 2.45 bits per heavy atom. The maximum absolute atomic E-state index is 12.2. The predicted octanol–water partition coefficient (Wildman–Crippen LogP) is 4.52. The molecule has 3 N–H and O–H groups in total. The van der Waals surface area contributed by atoms with E-state index in [0.717, 1.165) is 33.9 Å². The Bertz CT molecular complexity index is 1000. The maximum Gasteiger partial charge on any atom is 0.323 e. The number of nitrogens with zero attached hydrogens (tertiary/aromatic N) is 1. The zero-order valence-electron chi connectivity index (χ0n) is 16.5. The molecule has 1 heterocycles. The molecule has 2 aromatic carbocycles. The third-order valence-electron chi connectivity index (χ3n) is 4.19. The summed E-state index contributed by atoms with van der Waals surface area (Å²) in [4.78, 5) is 28.8. The van der Waals surface area contributed by atoms with Gasteiger partial charge in [0, 0.05) is 23.3 Å². The average molecular weight is 409 g/mol. The number of rotatable bonds is 7. The zero-order chi connectivity index (χ0) is 20.6. The van der Waals surface area contributed by atoms with E-state index in [2.05, 4.69) is 20.9 Å². The monoisotopic (exact) mass is 408 g/mol. The van der Waals surface area contributed by atoms with Gasteiger partial charge in [-0.15, -0.1) is 11.3 Å². The summed E-state index contributed by atoms with van der Waals surface area (Å²) >= 11 is 1.58. The van der Waals surface area contributed by atoms with Gasteiger partial charge in [-0.2, -0.15) is 0 Å². The molecule has 0 saturated carbocycles. The molecule has 7 heteroatoms. The molecule has 0 unspecified atom stereocenters. The first-order chi connectivity index (χ1) is 14.0. The van der Waals surface area contributed by atoms with Crippen molar-refractivity contribution in [2.24, 2.45) is 0 Å². The summed E-state index contributed by atoms with van der Waals surface area (Å²) in [5.74, 6) is -0.0755. The van der Waals surface area contributed by atoms with Gasteiger partial charge >= 0.3 is 6.03 Å². The maximum atomic E-state index is 12.2. The number of carbonyl (C=O) groups excluding carboxylic acids is 2. The summed E-state index contributed by atoms with van der Waals surface area (Å²) < 4.78 is 0. The van der Waals surface area contributed by atoms with Crippen molar-refractivity contribution in [1.29, 1.82) is 0 Å². The Morgan fingerprint density at radius 2 is 1.76 bits per heavy atom. The largest absolute Gasteiger partial charge is 0.352 e. The number of anilines is 2. The number of carbonyl (C=O) groups is 2. The van der Waals surface area contributed by atoms with Crippen LogP contribution in [0.2, 0.25) is 0 Å². The van der Waals surface area contributed by atoms with Gasteiger partial charge in [0.05, 0.1) is 17.1 Å². The lowest BCUT2D eigenvalue weighted by atomic mass is 10.2. The second-order valence-corrected chi connectivity index (χ2v) is 7.63. The topological polar surface area (TPSA) is 83.1 Å². The van der Waals surface area contributed by atoms with Crippen molar-refractivity contribution in [3.63, 3.8) is 0 Å². The lowest BCUT2D eigenvalue weighted by molar-refractivity contribution is -0.120. The predicted molar refractivity (Wildman–Crippen MR) is 117 cm³/mol. The van der Waals surface area contributed by atoms with Crippen molar-refractivity contribution >= 4 is 34.6 Å². The molecule has 3 amide bonds. The van der Waals surface area contributed by atoms with Gasteiger partial charge in [0.15, 0.2) is 0 Å². The Balaban J connectivity index is 1.50. The van der Waals surface area contributed by atoms with Crippen LogP contribution < -0.4 is 16.0 Å². The van der Waals surface area contributed by atoms with E-state index in [1.807, 2.05) is 67.8 Å².